The van der Waals surface area contributed by atoms with Gasteiger partial charge in [0.25, 0.3) is 0 Å². The second-order valence-electron chi connectivity index (χ2n) is 16.0. The Morgan fingerprint density at radius 1 is 0.356 bits per heavy atom. The van der Waals surface area contributed by atoms with E-state index in [0.29, 0.717) is 0 Å². The van der Waals surface area contributed by atoms with Crippen LogP contribution in [0.15, 0.2) is 217 Å². The predicted octanol–water partition coefficient (Wildman–Crippen LogP) is 16.0. The van der Waals surface area contributed by atoms with Crippen molar-refractivity contribution in [2.24, 2.45) is 0 Å². The van der Waals surface area contributed by atoms with E-state index in [-0.39, 0.29) is 5.41 Å². The SMILES string of the molecule is CC1(C)c2ccccc2-c2ccc(-c3ccccc3N(c3ccc4c(c3)oc3ccccc34)c3cccc(-c4ccccc4)c3-c3ccccc3-c3ccccc3)cc21. The third kappa shape index (κ3) is 5.71. The van der Waals surface area contributed by atoms with Gasteiger partial charge in [0.15, 0.2) is 0 Å². The van der Waals surface area contributed by atoms with Gasteiger partial charge in [-0.3, -0.25) is 0 Å². The van der Waals surface area contributed by atoms with Crippen LogP contribution in [0.1, 0.15) is 25.0 Å². The summed E-state index contributed by atoms with van der Waals surface area (Å²) in [6, 6.07) is 76.9. The molecule has 0 amide bonds. The van der Waals surface area contributed by atoms with Gasteiger partial charge < -0.3 is 9.32 Å². The van der Waals surface area contributed by atoms with Crippen LogP contribution in [0.3, 0.4) is 0 Å². The average Bonchev–Trinajstić information content (AvgIpc) is 3.78. The summed E-state index contributed by atoms with van der Waals surface area (Å²) < 4.78 is 6.59. The molecule has 0 fully saturated rings. The molecule has 0 atom stereocenters. The molecule has 9 aromatic carbocycles. The van der Waals surface area contributed by atoms with Gasteiger partial charge in [-0.25, -0.2) is 0 Å². The van der Waals surface area contributed by atoms with Gasteiger partial charge >= 0.3 is 0 Å². The molecule has 59 heavy (non-hydrogen) atoms. The summed E-state index contributed by atoms with van der Waals surface area (Å²) in [6.45, 7) is 4.71. The number of benzene rings is 9. The minimum atomic E-state index is -0.124. The first-order chi connectivity index (χ1) is 29.0. The topological polar surface area (TPSA) is 16.4 Å². The normalized spacial score (nSPS) is 12.7. The standard InChI is InChI=1S/C57H41NO/c1-57(2)50-28-14-11-24-45(50)46-34-32-40(36-51(46)57)43-23-12-15-29-52(43)58(41-33-35-48-47-25-13-16-31-54(47)59-55(48)37-41)53-30-17-27-44(39-20-7-4-8-21-39)56(53)49-26-10-9-22-42(49)38-18-5-3-6-19-38/h3-37H,1-2H3. The van der Waals surface area contributed by atoms with Crippen molar-refractivity contribution in [1.29, 1.82) is 0 Å². The van der Waals surface area contributed by atoms with Gasteiger partial charge in [0.05, 0.1) is 11.4 Å². The van der Waals surface area contributed by atoms with Crippen LogP contribution in [0.25, 0.3) is 77.6 Å². The second kappa shape index (κ2) is 13.9. The van der Waals surface area contributed by atoms with Crippen LogP contribution in [-0.4, -0.2) is 0 Å². The van der Waals surface area contributed by atoms with E-state index in [9.17, 15) is 0 Å². The lowest BCUT2D eigenvalue weighted by Crippen LogP contribution is -2.15. The van der Waals surface area contributed by atoms with E-state index in [0.717, 1.165) is 66.8 Å². The van der Waals surface area contributed by atoms with Crippen LogP contribution in [0, 0.1) is 0 Å². The monoisotopic (exact) mass is 755 g/mol. The summed E-state index contributed by atoms with van der Waals surface area (Å²) in [5, 5.41) is 2.22. The molecule has 0 saturated heterocycles. The van der Waals surface area contributed by atoms with Gasteiger partial charge in [0, 0.05) is 39.1 Å². The lowest BCUT2D eigenvalue weighted by Gasteiger charge is -2.31. The lowest BCUT2D eigenvalue weighted by molar-refractivity contribution is 0.660. The summed E-state index contributed by atoms with van der Waals surface area (Å²) in [7, 11) is 0. The molecule has 0 N–H and O–H groups in total. The molecule has 0 unspecified atom stereocenters. The molecule has 11 rings (SSSR count). The fraction of sp³-hybridized carbons (Fsp3) is 0.0526. The number of nitrogens with zero attached hydrogens (tertiary/aromatic N) is 1. The van der Waals surface area contributed by atoms with E-state index in [1.807, 2.05) is 6.07 Å². The highest BCUT2D eigenvalue weighted by Gasteiger charge is 2.35. The Bertz CT molecular complexity index is 3190. The first kappa shape index (κ1) is 34.8. The van der Waals surface area contributed by atoms with Crippen LogP contribution in [0.4, 0.5) is 17.1 Å². The van der Waals surface area contributed by atoms with Crippen LogP contribution in [0.2, 0.25) is 0 Å². The van der Waals surface area contributed by atoms with Gasteiger partial charge in [-0.1, -0.05) is 184 Å². The molecule has 1 aliphatic carbocycles. The average molecular weight is 756 g/mol. The van der Waals surface area contributed by atoms with Gasteiger partial charge in [0.2, 0.25) is 0 Å². The number of furan rings is 1. The Hall–Kier alpha value is -7.42. The summed E-state index contributed by atoms with van der Waals surface area (Å²) in [5.74, 6) is 0. The first-order valence-corrected chi connectivity index (χ1v) is 20.4. The quantitative estimate of drug-likeness (QED) is 0.161. The smallest absolute Gasteiger partial charge is 0.137 e. The van der Waals surface area contributed by atoms with Crippen molar-refractivity contribution in [3.63, 3.8) is 0 Å². The molecule has 0 radical (unpaired) electrons. The lowest BCUT2D eigenvalue weighted by atomic mass is 9.81. The highest BCUT2D eigenvalue weighted by atomic mass is 16.3. The van der Waals surface area contributed by atoms with Crippen molar-refractivity contribution in [3.05, 3.63) is 223 Å². The van der Waals surface area contributed by atoms with Crippen LogP contribution >= 0.6 is 0 Å². The highest BCUT2D eigenvalue weighted by molar-refractivity contribution is 6.08. The van der Waals surface area contributed by atoms with Crippen molar-refractivity contribution in [3.8, 4) is 55.6 Å². The van der Waals surface area contributed by atoms with Crippen LogP contribution in [-0.2, 0) is 5.41 Å². The Morgan fingerprint density at radius 3 is 1.73 bits per heavy atom. The van der Waals surface area contributed by atoms with E-state index in [2.05, 4.69) is 225 Å². The summed E-state index contributed by atoms with van der Waals surface area (Å²) >= 11 is 0. The molecule has 10 aromatic rings. The molecule has 0 spiro atoms. The first-order valence-electron chi connectivity index (χ1n) is 20.4. The molecule has 2 heteroatoms. The Labute approximate surface area is 345 Å². The fourth-order valence-corrected chi connectivity index (χ4v) is 9.48. The van der Waals surface area contributed by atoms with Gasteiger partial charge in [0.1, 0.15) is 11.2 Å². The zero-order valence-electron chi connectivity index (χ0n) is 33.1. The molecule has 2 nitrogen and oxygen atoms in total. The zero-order chi connectivity index (χ0) is 39.5. The number of anilines is 3. The summed E-state index contributed by atoms with van der Waals surface area (Å²) in [4.78, 5) is 2.46. The maximum absolute atomic E-state index is 6.59. The molecule has 1 aromatic heterocycles. The van der Waals surface area contributed by atoms with E-state index in [1.54, 1.807) is 0 Å². The fourth-order valence-electron chi connectivity index (χ4n) is 9.48. The second-order valence-corrected chi connectivity index (χ2v) is 16.0. The Balaban J connectivity index is 1.20. The van der Waals surface area contributed by atoms with E-state index < -0.39 is 0 Å². The van der Waals surface area contributed by atoms with Gasteiger partial charge in [-0.15, -0.1) is 0 Å². The van der Waals surface area contributed by atoms with Crippen molar-refractivity contribution >= 4 is 39.0 Å². The number of rotatable bonds is 7. The van der Waals surface area contributed by atoms with Crippen molar-refractivity contribution < 1.29 is 4.42 Å². The minimum Gasteiger partial charge on any atom is -0.456 e. The maximum Gasteiger partial charge on any atom is 0.137 e. The summed E-state index contributed by atoms with van der Waals surface area (Å²) in [5.41, 5.74) is 19.5. The van der Waals surface area contributed by atoms with Crippen LogP contribution in [0.5, 0.6) is 0 Å². The Morgan fingerprint density at radius 2 is 0.932 bits per heavy atom. The predicted molar refractivity (Wildman–Crippen MR) is 248 cm³/mol. The third-order valence-corrected chi connectivity index (χ3v) is 12.3. The molecule has 0 bridgehead atoms. The molecule has 1 aliphatic rings. The van der Waals surface area contributed by atoms with Gasteiger partial charge in [-0.2, -0.15) is 0 Å². The zero-order valence-corrected chi connectivity index (χ0v) is 33.1. The molecule has 0 aliphatic heterocycles. The highest BCUT2D eigenvalue weighted by Crippen LogP contribution is 2.53. The molecule has 0 saturated carbocycles. The van der Waals surface area contributed by atoms with Crippen molar-refractivity contribution in [1.82, 2.24) is 0 Å². The number of fused-ring (bicyclic) bond motifs is 6. The van der Waals surface area contributed by atoms with Crippen molar-refractivity contribution in [2.75, 3.05) is 4.90 Å². The maximum atomic E-state index is 6.59. The largest absolute Gasteiger partial charge is 0.456 e. The molecule has 280 valence electrons. The number of hydrogen-bond donors (Lipinski definition) is 0. The molecule has 1 heterocycles. The summed E-state index contributed by atoms with van der Waals surface area (Å²) in [6.07, 6.45) is 0. The van der Waals surface area contributed by atoms with Crippen molar-refractivity contribution in [2.45, 2.75) is 19.3 Å². The third-order valence-electron chi connectivity index (χ3n) is 12.3. The molecular weight excluding hydrogens is 715 g/mol. The van der Waals surface area contributed by atoms with E-state index in [1.165, 1.54) is 38.9 Å². The van der Waals surface area contributed by atoms with E-state index >= 15 is 0 Å². The van der Waals surface area contributed by atoms with Crippen LogP contribution < -0.4 is 4.90 Å². The Kier molecular flexibility index (Phi) is 8.20. The number of para-hydroxylation sites is 2. The van der Waals surface area contributed by atoms with E-state index in [4.69, 9.17) is 4.42 Å². The van der Waals surface area contributed by atoms with Gasteiger partial charge in [-0.05, 0) is 92.0 Å². The minimum absolute atomic E-state index is 0.124. The number of hydrogen-bond acceptors (Lipinski definition) is 2. The molecular formula is C57H41NO.